The standard InChI is InChI=1S/C15H18ClNOS/c16-11-5-6-14-12(9-11)13(7-8-19-14)17-15(18)10-3-1-2-4-10/h5-6,9-10,13H,1-4,7-8H2,(H,17,18)/t13-/m0/s1. The zero-order valence-corrected chi connectivity index (χ0v) is 12.4. The van der Waals surface area contributed by atoms with Crippen molar-refractivity contribution in [2.24, 2.45) is 5.92 Å². The summed E-state index contributed by atoms with van der Waals surface area (Å²) in [5.74, 6) is 1.53. The maximum Gasteiger partial charge on any atom is 0.223 e. The smallest absolute Gasteiger partial charge is 0.223 e. The molecule has 1 aromatic carbocycles. The third kappa shape index (κ3) is 2.92. The first-order valence-corrected chi connectivity index (χ1v) is 8.33. The van der Waals surface area contributed by atoms with Crippen LogP contribution in [0.2, 0.25) is 5.02 Å². The molecule has 2 nitrogen and oxygen atoms in total. The van der Waals surface area contributed by atoms with E-state index in [1.807, 2.05) is 23.9 Å². The molecule has 1 amide bonds. The monoisotopic (exact) mass is 295 g/mol. The second-order valence-electron chi connectivity index (χ2n) is 5.36. The quantitative estimate of drug-likeness (QED) is 0.886. The minimum atomic E-state index is 0.142. The molecule has 1 aliphatic heterocycles. The molecule has 0 unspecified atom stereocenters. The molecule has 1 fully saturated rings. The molecular weight excluding hydrogens is 278 g/mol. The number of thioether (sulfide) groups is 1. The summed E-state index contributed by atoms with van der Waals surface area (Å²) in [6, 6.07) is 6.14. The maximum atomic E-state index is 12.3. The van der Waals surface area contributed by atoms with Crippen molar-refractivity contribution in [3.63, 3.8) is 0 Å². The van der Waals surface area contributed by atoms with E-state index in [0.717, 1.165) is 30.0 Å². The van der Waals surface area contributed by atoms with Crippen LogP contribution >= 0.6 is 23.4 Å². The number of benzene rings is 1. The molecule has 19 heavy (non-hydrogen) atoms. The predicted octanol–water partition coefficient (Wildman–Crippen LogP) is 4.18. The van der Waals surface area contributed by atoms with Gasteiger partial charge in [0.25, 0.3) is 0 Å². The predicted molar refractivity (Wildman–Crippen MR) is 79.6 cm³/mol. The van der Waals surface area contributed by atoms with Crippen LogP contribution in [0.25, 0.3) is 0 Å². The molecule has 2 aliphatic rings. The van der Waals surface area contributed by atoms with Crippen LogP contribution in [0, 0.1) is 5.92 Å². The number of rotatable bonds is 2. The Balaban J connectivity index is 1.75. The molecule has 4 heteroatoms. The molecule has 1 saturated carbocycles. The highest BCUT2D eigenvalue weighted by atomic mass is 35.5. The van der Waals surface area contributed by atoms with Crippen LogP contribution < -0.4 is 5.32 Å². The number of carbonyl (C=O) groups excluding carboxylic acids is 1. The zero-order chi connectivity index (χ0) is 13.2. The van der Waals surface area contributed by atoms with Crippen LogP contribution in [0.5, 0.6) is 0 Å². The van der Waals surface area contributed by atoms with Crippen LogP contribution in [-0.2, 0) is 4.79 Å². The maximum absolute atomic E-state index is 12.3. The molecule has 1 atom stereocenters. The van der Waals surface area contributed by atoms with Gasteiger partial charge in [0, 0.05) is 21.6 Å². The van der Waals surface area contributed by atoms with E-state index < -0.39 is 0 Å². The Kier molecular flexibility index (Phi) is 4.04. The highest BCUT2D eigenvalue weighted by molar-refractivity contribution is 7.99. The Labute approximate surface area is 123 Å². The first-order chi connectivity index (χ1) is 9.24. The highest BCUT2D eigenvalue weighted by Crippen LogP contribution is 2.38. The van der Waals surface area contributed by atoms with Gasteiger partial charge in [-0.05, 0) is 43.0 Å². The number of carbonyl (C=O) groups is 1. The van der Waals surface area contributed by atoms with Crippen molar-refractivity contribution in [3.05, 3.63) is 28.8 Å². The molecule has 0 spiro atoms. The van der Waals surface area contributed by atoms with Gasteiger partial charge in [-0.25, -0.2) is 0 Å². The van der Waals surface area contributed by atoms with Gasteiger partial charge in [-0.1, -0.05) is 24.4 Å². The Bertz CT molecular complexity index is 485. The summed E-state index contributed by atoms with van der Waals surface area (Å²) in [4.78, 5) is 13.5. The van der Waals surface area contributed by atoms with Crippen molar-refractivity contribution in [1.29, 1.82) is 0 Å². The van der Waals surface area contributed by atoms with Gasteiger partial charge in [-0.2, -0.15) is 0 Å². The fraction of sp³-hybridized carbons (Fsp3) is 0.533. The van der Waals surface area contributed by atoms with Gasteiger partial charge in [0.05, 0.1) is 6.04 Å². The normalized spacial score (nSPS) is 23.1. The Morgan fingerprint density at radius 1 is 1.26 bits per heavy atom. The molecule has 102 valence electrons. The Hall–Kier alpha value is -0.670. The second-order valence-corrected chi connectivity index (χ2v) is 6.94. The second kappa shape index (κ2) is 5.76. The highest BCUT2D eigenvalue weighted by Gasteiger charge is 2.27. The molecule has 1 aromatic rings. The molecule has 1 heterocycles. The first-order valence-electron chi connectivity index (χ1n) is 6.96. The number of nitrogens with one attached hydrogen (secondary N) is 1. The summed E-state index contributed by atoms with van der Waals surface area (Å²) >= 11 is 7.93. The topological polar surface area (TPSA) is 29.1 Å². The lowest BCUT2D eigenvalue weighted by atomic mass is 10.0. The van der Waals surface area contributed by atoms with Crippen molar-refractivity contribution >= 4 is 29.3 Å². The van der Waals surface area contributed by atoms with Crippen molar-refractivity contribution in [2.45, 2.75) is 43.0 Å². The van der Waals surface area contributed by atoms with E-state index in [0.29, 0.717) is 0 Å². The van der Waals surface area contributed by atoms with Crippen molar-refractivity contribution in [3.8, 4) is 0 Å². The summed E-state index contributed by atoms with van der Waals surface area (Å²) in [6.45, 7) is 0. The third-order valence-electron chi connectivity index (χ3n) is 4.05. The molecule has 3 rings (SSSR count). The fourth-order valence-electron chi connectivity index (χ4n) is 2.99. The SMILES string of the molecule is O=C(N[C@H]1CCSc2ccc(Cl)cc21)C1CCCC1. The number of halogens is 1. The van der Waals surface area contributed by atoms with E-state index in [1.165, 1.54) is 23.3 Å². The molecule has 0 aromatic heterocycles. The van der Waals surface area contributed by atoms with E-state index in [-0.39, 0.29) is 17.9 Å². The van der Waals surface area contributed by atoms with Crippen molar-refractivity contribution in [1.82, 2.24) is 5.32 Å². The minimum Gasteiger partial charge on any atom is -0.349 e. The van der Waals surface area contributed by atoms with Gasteiger partial charge in [0.15, 0.2) is 0 Å². The number of amides is 1. The van der Waals surface area contributed by atoms with Gasteiger partial charge in [-0.15, -0.1) is 11.8 Å². The molecular formula is C15H18ClNOS. The summed E-state index contributed by atoms with van der Waals surface area (Å²) in [5.41, 5.74) is 1.19. The minimum absolute atomic E-state index is 0.142. The van der Waals surface area contributed by atoms with Gasteiger partial charge in [0.1, 0.15) is 0 Å². The first kappa shape index (κ1) is 13.3. The number of hydrogen-bond donors (Lipinski definition) is 1. The fourth-order valence-corrected chi connectivity index (χ4v) is 4.28. The van der Waals surface area contributed by atoms with Crippen molar-refractivity contribution in [2.75, 3.05) is 5.75 Å². The lowest BCUT2D eigenvalue weighted by Gasteiger charge is -2.27. The van der Waals surface area contributed by atoms with Gasteiger partial charge in [0.2, 0.25) is 5.91 Å². The largest absolute Gasteiger partial charge is 0.349 e. The summed E-state index contributed by atoms with van der Waals surface area (Å²) in [6.07, 6.45) is 5.49. The van der Waals surface area contributed by atoms with Crippen molar-refractivity contribution < 1.29 is 4.79 Å². The summed E-state index contributed by atoms with van der Waals surface area (Å²) in [7, 11) is 0. The lowest BCUT2D eigenvalue weighted by Crippen LogP contribution is -2.34. The van der Waals surface area contributed by atoms with Gasteiger partial charge >= 0.3 is 0 Å². The van der Waals surface area contributed by atoms with E-state index in [2.05, 4.69) is 11.4 Å². The Morgan fingerprint density at radius 2 is 2.05 bits per heavy atom. The van der Waals surface area contributed by atoms with E-state index in [1.54, 1.807) is 0 Å². The van der Waals surface area contributed by atoms with Crippen LogP contribution in [0.1, 0.15) is 43.7 Å². The van der Waals surface area contributed by atoms with Crippen LogP contribution in [-0.4, -0.2) is 11.7 Å². The average molecular weight is 296 g/mol. The van der Waals surface area contributed by atoms with E-state index in [9.17, 15) is 4.79 Å². The lowest BCUT2D eigenvalue weighted by molar-refractivity contribution is -0.125. The van der Waals surface area contributed by atoms with Crippen LogP contribution in [0.3, 0.4) is 0 Å². The molecule has 0 bridgehead atoms. The Morgan fingerprint density at radius 3 is 2.84 bits per heavy atom. The molecule has 1 N–H and O–H groups in total. The van der Waals surface area contributed by atoms with Gasteiger partial charge in [-0.3, -0.25) is 4.79 Å². The van der Waals surface area contributed by atoms with Crippen LogP contribution in [0.4, 0.5) is 0 Å². The summed E-state index contributed by atoms with van der Waals surface area (Å²) < 4.78 is 0. The molecule has 1 aliphatic carbocycles. The van der Waals surface area contributed by atoms with E-state index >= 15 is 0 Å². The average Bonchev–Trinajstić information content (AvgIpc) is 2.93. The third-order valence-corrected chi connectivity index (χ3v) is 5.41. The zero-order valence-electron chi connectivity index (χ0n) is 10.8. The molecule has 0 radical (unpaired) electrons. The summed E-state index contributed by atoms with van der Waals surface area (Å²) in [5, 5.41) is 3.98. The van der Waals surface area contributed by atoms with Crippen LogP contribution in [0.15, 0.2) is 23.1 Å². The van der Waals surface area contributed by atoms with Gasteiger partial charge < -0.3 is 5.32 Å². The number of hydrogen-bond acceptors (Lipinski definition) is 2. The molecule has 0 saturated heterocycles. The van der Waals surface area contributed by atoms with E-state index in [4.69, 9.17) is 11.6 Å². The number of fused-ring (bicyclic) bond motifs is 1.